The molecule has 1 fully saturated rings. The number of piperidine rings is 1. The number of halogens is 3. The van der Waals surface area contributed by atoms with Gasteiger partial charge in [0.15, 0.2) is 23.0 Å². The number of pyridine rings is 1. The standard InChI is InChI=1S/C43H46F3N3O6/c1-50-37-22-31(23-38(51-2)41(37)54-5)30-9-7-8-28(20-30)26-48-18-15-35(16-19-48)49(34-12-10-33(11-13-34)43(44,45)46)27-29-14-17-47-36(21-29)32-24-39(52-3)42(55-6)40(25-32)53-4/h7-14,17,20-25,35H,15-16,18-19,26-27H2,1-6H3. The highest BCUT2D eigenvalue weighted by Gasteiger charge is 2.31. The first-order valence-electron chi connectivity index (χ1n) is 17.9. The molecule has 0 aliphatic carbocycles. The number of rotatable bonds is 14. The quantitative estimate of drug-likeness (QED) is 0.110. The maximum atomic E-state index is 13.6. The predicted octanol–water partition coefficient (Wildman–Crippen LogP) is 9.16. The zero-order chi connectivity index (χ0) is 39.1. The highest BCUT2D eigenvalue weighted by molar-refractivity contribution is 5.72. The van der Waals surface area contributed by atoms with E-state index in [1.165, 1.54) is 5.56 Å². The molecule has 5 aromatic rings. The highest BCUT2D eigenvalue weighted by atomic mass is 19.4. The van der Waals surface area contributed by atoms with Crippen molar-refractivity contribution in [2.24, 2.45) is 0 Å². The second-order valence-electron chi connectivity index (χ2n) is 13.3. The number of ether oxygens (including phenoxy) is 6. The summed E-state index contributed by atoms with van der Waals surface area (Å²) in [5.74, 6) is 3.22. The van der Waals surface area contributed by atoms with Gasteiger partial charge in [0.25, 0.3) is 0 Å². The van der Waals surface area contributed by atoms with Crippen molar-refractivity contribution in [3.05, 3.63) is 108 Å². The van der Waals surface area contributed by atoms with E-state index in [1.807, 2.05) is 42.5 Å². The molecule has 1 aliphatic rings. The van der Waals surface area contributed by atoms with Crippen LogP contribution in [0.15, 0.2) is 91.1 Å². The van der Waals surface area contributed by atoms with Crippen LogP contribution in [0.3, 0.4) is 0 Å². The second kappa shape index (κ2) is 17.2. The lowest BCUT2D eigenvalue weighted by Gasteiger charge is -2.40. The molecule has 4 aromatic carbocycles. The number of methoxy groups -OCH3 is 6. The molecule has 0 saturated carbocycles. The summed E-state index contributed by atoms with van der Waals surface area (Å²) in [5, 5.41) is 0. The number of benzene rings is 4. The summed E-state index contributed by atoms with van der Waals surface area (Å²) in [6.07, 6.45) is -1.01. The lowest BCUT2D eigenvalue weighted by Crippen LogP contribution is -2.44. The van der Waals surface area contributed by atoms with Crippen molar-refractivity contribution >= 4 is 5.69 Å². The Kier molecular flexibility index (Phi) is 12.2. The fraction of sp³-hybridized carbons (Fsp3) is 0.326. The first-order chi connectivity index (χ1) is 26.6. The van der Waals surface area contributed by atoms with E-state index in [1.54, 1.807) is 61.0 Å². The van der Waals surface area contributed by atoms with E-state index in [0.717, 1.165) is 72.5 Å². The van der Waals surface area contributed by atoms with Crippen LogP contribution in [-0.2, 0) is 19.3 Å². The molecule has 55 heavy (non-hydrogen) atoms. The predicted molar refractivity (Wildman–Crippen MR) is 207 cm³/mol. The van der Waals surface area contributed by atoms with E-state index in [4.69, 9.17) is 28.4 Å². The summed E-state index contributed by atoms with van der Waals surface area (Å²) >= 11 is 0. The molecule has 12 heteroatoms. The Bertz CT molecular complexity index is 2020. The summed E-state index contributed by atoms with van der Waals surface area (Å²) < 4.78 is 74.0. The normalized spacial score (nSPS) is 13.6. The minimum absolute atomic E-state index is 0.0938. The van der Waals surface area contributed by atoms with Crippen LogP contribution in [0.2, 0.25) is 0 Å². The van der Waals surface area contributed by atoms with E-state index < -0.39 is 11.7 Å². The Morgan fingerprint density at radius 1 is 0.636 bits per heavy atom. The second-order valence-corrected chi connectivity index (χ2v) is 13.3. The van der Waals surface area contributed by atoms with Gasteiger partial charge in [0.1, 0.15) is 0 Å². The van der Waals surface area contributed by atoms with Crippen molar-refractivity contribution in [2.75, 3.05) is 60.6 Å². The van der Waals surface area contributed by atoms with Crippen LogP contribution in [0.25, 0.3) is 22.4 Å². The number of alkyl halides is 3. The lowest BCUT2D eigenvalue weighted by molar-refractivity contribution is -0.137. The smallest absolute Gasteiger partial charge is 0.416 e. The molecule has 0 atom stereocenters. The molecular weight excluding hydrogens is 711 g/mol. The van der Waals surface area contributed by atoms with Gasteiger partial charge in [0, 0.05) is 49.7 Å². The molecule has 9 nitrogen and oxygen atoms in total. The Morgan fingerprint density at radius 3 is 1.73 bits per heavy atom. The maximum absolute atomic E-state index is 13.6. The molecule has 0 spiro atoms. The number of hydrogen-bond acceptors (Lipinski definition) is 9. The molecule has 1 saturated heterocycles. The number of likely N-dealkylation sites (tertiary alicyclic amines) is 1. The Hall–Kier alpha value is -5.62. The van der Waals surface area contributed by atoms with Crippen molar-refractivity contribution in [1.82, 2.24) is 9.88 Å². The monoisotopic (exact) mass is 757 g/mol. The van der Waals surface area contributed by atoms with Gasteiger partial charge in [-0.15, -0.1) is 0 Å². The summed E-state index contributed by atoms with van der Waals surface area (Å²) in [6, 6.07) is 25.5. The first kappa shape index (κ1) is 39.1. The number of nitrogens with zero attached hydrogens (tertiary/aromatic N) is 3. The summed E-state index contributed by atoms with van der Waals surface area (Å²) in [5.41, 5.74) is 5.65. The van der Waals surface area contributed by atoms with E-state index in [0.29, 0.717) is 46.7 Å². The van der Waals surface area contributed by atoms with E-state index >= 15 is 0 Å². The number of hydrogen-bond donors (Lipinski definition) is 0. The Balaban J connectivity index is 1.22. The zero-order valence-electron chi connectivity index (χ0n) is 31.9. The van der Waals surface area contributed by atoms with Crippen molar-refractivity contribution in [2.45, 2.75) is 38.1 Å². The van der Waals surface area contributed by atoms with E-state index in [2.05, 4.69) is 33.0 Å². The number of aromatic nitrogens is 1. The minimum Gasteiger partial charge on any atom is -0.493 e. The molecule has 1 aromatic heterocycles. The SMILES string of the molecule is COc1cc(-c2cccc(CN3CCC(N(Cc4ccnc(-c5cc(OC)c(OC)c(OC)c5)c4)c4ccc(C(F)(F)F)cc4)CC3)c2)cc(OC)c1OC. The summed E-state index contributed by atoms with van der Waals surface area (Å²) in [6.45, 7) is 2.88. The molecule has 0 unspecified atom stereocenters. The van der Waals surface area contributed by atoms with Crippen LogP contribution in [0.4, 0.5) is 18.9 Å². The zero-order valence-corrected chi connectivity index (χ0v) is 31.9. The third-order valence-corrected chi connectivity index (χ3v) is 9.99. The molecular formula is C43H46F3N3O6. The van der Waals surface area contributed by atoms with Gasteiger partial charge in [-0.3, -0.25) is 9.88 Å². The van der Waals surface area contributed by atoms with Gasteiger partial charge >= 0.3 is 6.18 Å². The highest BCUT2D eigenvalue weighted by Crippen LogP contribution is 2.43. The molecule has 0 N–H and O–H groups in total. The molecule has 290 valence electrons. The minimum atomic E-state index is -4.42. The van der Waals surface area contributed by atoms with Crippen LogP contribution >= 0.6 is 0 Å². The Labute approximate surface area is 320 Å². The van der Waals surface area contributed by atoms with E-state index in [-0.39, 0.29) is 6.04 Å². The van der Waals surface area contributed by atoms with Crippen LogP contribution in [0.1, 0.15) is 29.5 Å². The largest absolute Gasteiger partial charge is 0.493 e. The van der Waals surface area contributed by atoms with Gasteiger partial charge < -0.3 is 33.3 Å². The van der Waals surface area contributed by atoms with Gasteiger partial charge in [-0.2, -0.15) is 13.2 Å². The van der Waals surface area contributed by atoms with Crippen LogP contribution in [0.5, 0.6) is 34.5 Å². The van der Waals surface area contributed by atoms with Crippen LogP contribution < -0.4 is 33.3 Å². The molecule has 6 rings (SSSR count). The average Bonchev–Trinajstić information content (AvgIpc) is 3.21. The first-order valence-corrected chi connectivity index (χ1v) is 17.9. The van der Waals surface area contributed by atoms with Gasteiger partial charge in [-0.05, 0) is 102 Å². The topological polar surface area (TPSA) is 74.8 Å². The summed E-state index contributed by atoms with van der Waals surface area (Å²) in [4.78, 5) is 9.27. The van der Waals surface area contributed by atoms with Gasteiger partial charge in [-0.25, -0.2) is 0 Å². The third-order valence-electron chi connectivity index (χ3n) is 9.99. The van der Waals surface area contributed by atoms with Crippen LogP contribution in [-0.4, -0.2) is 71.7 Å². The van der Waals surface area contributed by atoms with Crippen molar-refractivity contribution in [3.63, 3.8) is 0 Å². The van der Waals surface area contributed by atoms with Gasteiger partial charge in [0.05, 0.1) is 53.9 Å². The lowest BCUT2D eigenvalue weighted by atomic mass is 9.99. The van der Waals surface area contributed by atoms with E-state index in [9.17, 15) is 13.2 Å². The molecule has 2 heterocycles. The molecule has 1 aliphatic heterocycles. The molecule has 0 radical (unpaired) electrons. The fourth-order valence-corrected chi connectivity index (χ4v) is 7.17. The van der Waals surface area contributed by atoms with Gasteiger partial charge in [0.2, 0.25) is 11.5 Å². The van der Waals surface area contributed by atoms with Gasteiger partial charge in [-0.1, -0.05) is 18.2 Å². The van der Waals surface area contributed by atoms with Crippen LogP contribution in [0, 0.1) is 0 Å². The van der Waals surface area contributed by atoms with Crippen molar-refractivity contribution in [1.29, 1.82) is 0 Å². The fourth-order valence-electron chi connectivity index (χ4n) is 7.17. The number of anilines is 1. The Morgan fingerprint density at radius 2 is 1.20 bits per heavy atom. The summed E-state index contributed by atoms with van der Waals surface area (Å²) in [7, 11) is 9.47. The van der Waals surface area contributed by atoms with Crippen molar-refractivity contribution in [3.8, 4) is 56.9 Å². The average molecular weight is 758 g/mol. The molecule has 0 bridgehead atoms. The maximum Gasteiger partial charge on any atom is 0.416 e. The molecule has 0 amide bonds. The third kappa shape index (κ3) is 8.86. The van der Waals surface area contributed by atoms with Crippen molar-refractivity contribution < 1.29 is 41.6 Å².